The molecular formula is C25H24N4OS. The smallest absolute Gasteiger partial charge is 0.259 e. The van der Waals surface area contributed by atoms with Crippen LogP contribution in [0, 0.1) is 24.8 Å². The number of hydrogen-bond donors (Lipinski definition) is 0. The van der Waals surface area contributed by atoms with Crippen LogP contribution >= 0.6 is 12.2 Å². The lowest BCUT2D eigenvalue weighted by molar-refractivity contribution is -0.121. The maximum absolute atomic E-state index is 13.7. The largest absolute Gasteiger partial charge is 0.303 e. The van der Waals surface area contributed by atoms with Gasteiger partial charge in [0, 0.05) is 17.8 Å². The molecule has 1 amide bonds. The summed E-state index contributed by atoms with van der Waals surface area (Å²) in [5.41, 5.74) is 3.62. The Balaban J connectivity index is 1.70. The van der Waals surface area contributed by atoms with Crippen molar-refractivity contribution >= 4 is 40.3 Å². The van der Waals surface area contributed by atoms with Crippen LogP contribution in [0.2, 0.25) is 0 Å². The molecule has 0 atom stereocenters. The third-order valence-corrected chi connectivity index (χ3v) is 6.72. The molecule has 0 radical (unpaired) electrons. The second-order valence-electron chi connectivity index (χ2n) is 8.26. The van der Waals surface area contributed by atoms with Crippen molar-refractivity contribution in [2.75, 3.05) is 9.80 Å². The van der Waals surface area contributed by atoms with E-state index < -0.39 is 5.54 Å². The summed E-state index contributed by atoms with van der Waals surface area (Å²) in [4.78, 5) is 21.0. The highest BCUT2D eigenvalue weighted by Crippen LogP contribution is 2.46. The molecule has 5 nitrogen and oxygen atoms in total. The molecule has 2 aromatic rings. The van der Waals surface area contributed by atoms with Gasteiger partial charge in [-0.05, 0) is 80.2 Å². The number of aryl methyl sites for hydroxylation is 2. The summed E-state index contributed by atoms with van der Waals surface area (Å²) in [5.74, 6) is 0.0306. The predicted molar refractivity (Wildman–Crippen MR) is 126 cm³/mol. The van der Waals surface area contributed by atoms with Gasteiger partial charge in [0.2, 0.25) is 0 Å². The van der Waals surface area contributed by atoms with Crippen LogP contribution in [0.3, 0.4) is 0 Å². The molecule has 0 unspecified atom stereocenters. The van der Waals surface area contributed by atoms with Crippen LogP contribution in [0.15, 0.2) is 42.5 Å². The van der Waals surface area contributed by atoms with Crippen molar-refractivity contribution in [3.05, 3.63) is 65.0 Å². The fourth-order valence-electron chi connectivity index (χ4n) is 4.74. The number of unbranched alkanes of at least 4 members (excludes halogenated alkanes) is 1. The van der Waals surface area contributed by atoms with Crippen molar-refractivity contribution in [3.63, 3.8) is 0 Å². The first kappa shape index (κ1) is 21.0. The lowest BCUT2D eigenvalue weighted by Gasteiger charge is -2.32. The van der Waals surface area contributed by atoms with Crippen LogP contribution in [0.5, 0.6) is 0 Å². The van der Waals surface area contributed by atoms with Gasteiger partial charge < -0.3 is 4.90 Å². The predicted octanol–water partition coefficient (Wildman–Crippen LogP) is 5.84. The van der Waals surface area contributed by atoms with Crippen LogP contribution in [0.1, 0.15) is 49.7 Å². The van der Waals surface area contributed by atoms with Crippen molar-refractivity contribution in [1.82, 2.24) is 0 Å². The van der Waals surface area contributed by atoms with Crippen molar-refractivity contribution in [2.45, 2.75) is 57.4 Å². The zero-order valence-corrected chi connectivity index (χ0v) is 18.4. The molecule has 1 saturated carbocycles. The van der Waals surface area contributed by atoms with E-state index in [1.54, 1.807) is 11.0 Å². The first-order valence-electron chi connectivity index (χ1n) is 10.6. The van der Waals surface area contributed by atoms with Crippen LogP contribution in [0.25, 0.3) is 4.85 Å². The van der Waals surface area contributed by atoms with E-state index in [1.807, 2.05) is 31.2 Å². The van der Waals surface area contributed by atoms with Gasteiger partial charge >= 0.3 is 0 Å². The number of anilines is 2. The van der Waals surface area contributed by atoms with E-state index in [0.29, 0.717) is 17.2 Å². The number of nitrogens with zero attached hydrogens (tertiary/aromatic N) is 4. The Bertz CT molecular complexity index is 1100. The molecule has 1 aliphatic heterocycles. The molecule has 0 N–H and O–H groups in total. The minimum Gasteiger partial charge on any atom is -0.303 e. The van der Waals surface area contributed by atoms with E-state index in [-0.39, 0.29) is 5.91 Å². The number of hydrogen-bond acceptors (Lipinski definition) is 3. The second kappa shape index (κ2) is 8.49. The monoisotopic (exact) mass is 428 g/mol. The van der Waals surface area contributed by atoms with Crippen molar-refractivity contribution in [1.29, 1.82) is 5.26 Å². The minimum absolute atomic E-state index is 0.0306. The highest BCUT2D eigenvalue weighted by atomic mass is 32.1. The topological polar surface area (TPSA) is 51.7 Å². The number of carbonyl (C=O) groups is 1. The third kappa shape index (κ3) is 3.58. The van der Waals surface area contributed by atoms with Crippen LogP contribution in [-0.2, 0) is 11.2 Å². The van der Waals surface area contributed by atoms with Crippen LogP contribution < -0.4 is 9.80 Å². The Labute approximate surface area is 188 Å². The van der Waals surface area contributed by atoms with E-state index in [4.69, 9.17) is 24.1 Å². The van der Waals surface area contributed by atoms with E-state index >= 15 is 0 Å². The molecule has 31 heavy (non-hydrogen) atoms. The molecule has 1 spiro atoms. The van der Waals surface area contributed by atoms with Gasteiger partial charge in [-0.1, -0.05) is 31.0 Å². The molecule has 1 aliphatic carbocycles. The second-order valence-corrected chi connectivity index (χ2v) is 8.62. The number of amides is 1. The molecule has 6 heteroatoms. The SMILES string of the molecule is [C-]#[N+]c1ccc(N2C(=O)C3(CCCC3)N(c3ccc(CCCC#N)cc3)C2=S)cc1C. The number of nitriles is 1. The fourth-order valence-corrected chi connectivity index (χ4v) is 5.21. The van der Waals surface area contributed by atoms with Crippen molar-refractivity contribution in [3.8, 4) is 6.07 Å². The van der Waals surface area contributed by atoms with Gasteiger partial charge in [-0.15, -0.1) is 0 Å². The normalized spacial score (nSPS) is 17.3. The molecule has 2 aliphatic rings. The van der Waals surface area contributed by atoms with Gasteiger partial charge in [-0.3, -0.25) is 9.69 Å². The summed E-state index contributed by atoms with van der Waals surface area (Å²) in [6.45, 7) is 9.17. The third-order valence-electron chi connectivity index (χ3n) is 6.35. The summed E-state index contributed by atoms with van der Waals surface area (Å²) >= 11 is 5.87. The molecule has 1 heterocycles. The van der Waals surface area contributed by atoms with E-state index in [1.165, 1.54) is 5.56 Å². The summed E-state index contributed by atoms with van der Waals surface area (Å²) in [7, 11) is 0. The molecule has 0 bridgehead atoms. The van der Waals surface area contributed by atoms with Crippen molar-refractivity contribution < 1.29 is 4.79 Å². The summed E-state index contributed by atoms with van der Waals surface area (Å²) < 4.78 is 0. The van der Waals surface area contributed by atoms with Gasteiger partial charge in [0.15, 0.2) is 10.8 Å². The average molecular weight is 429 g/mol. The summed E-state index contributed by atoms with van der Waals surface area (Å²) in [6.07, 6.45) is 5.82. The molecule has 2 aromatic carbocycles. The zero-order chi connectivity index (χ0) is 22.0. The number of rotatable bonds is 5. The maximum atomic E-state index is 13.7. The molecular weight excluding hydrogens is 404 g/mol. The number of carbonyl (C=O) groups excluding carboxylic acids is 1. The van der Waals surface area contributed by atoms with E-state index in [9.17, 15) is 4.79 Å². The van der Waals surface area contributed by atoms with Gasteiger partial charge in [-0.25, -0.2) is 4.85 Å². The first-order valence-corrected chi connectivity index (χ1v) is 11.1. The van der Waals surface area contributed by atoms with Crippen LogP contribution in [-0.4, -0.2) is 16.6 Å². The minimum atomic E-state index is -0.633. The average Bonchev–Trinajstić information content (AvgIpc) is 3.33. The fraction of sp³-hybridized carbons (Fsp3) is 0.360. The first-order chi connectivity index (χ1) is 15.0. The molecule has 156 valence electrons. The lowest BCUT2D eigenvalue weighted by Crippen LogP contribution is -2.47. The summed E-state index contributed by atoms with van der Waals surface area (Å²) in [5, 5.41) is 9.25. The zero-order valence-electron chi connectivity index (χ0n) is 17.6. The highest BCUT2D eigenvalue weighted by Gasteiger charge is 2.57. The van der Waals surface area contributed by atoms with Gasteiger partial charge in [0.25, 0.3) is 5.91 Å². The van der Waals surface area contributed by atoms with Gasteiger partial charge in [0.1, 0.15) is 5.54 Å². The van der Waals surface area contributed by atoms with E-state index in [2.05, 4.69) is 27.9 Å². The Morgan fingerprint density at radius 2 is 1.84 bits per heavy atom. The Morgan fingerprint density at radius 1 is 1.16 bits per heavy atom. The number of thiocarbonyl (C=S) groups is 1. The Hall–Kier alpha value is -3.22. The number of benzene rings is 2. The molecule has 0 aromatic heterocycles. The van der Waals surface area contributed by atoms with Gasteiger partial charge in [0.05, 0.1) is 12.6 Å². The Morgan fingerprint density at radius 3 is 2.45 bits per heavy atom. The molecule has 1 saturated heterocycles. The highest BCUT2D eigenvalue weighted by molar-refractivity contribution is 7.81. The van der Waals surface area contributed by atoms with E-state index in [0.717, 1.165) is 55.5 Å². The van der Waals surface area contributed by atoms with Gasteiger partial charge in [-0.2, -0.15) is 5.26 Å². The standard InChI is InChI=1S/C25H24N4OS/c1-18-17-21(12-13-22(18)27-2)28-23(30)25(14-4-5-15-25)29(24(28)31)20-10-8-19(9-11-20)7-3-6-16-26/h8-13,17H,3-7,14-15H2,1H3. The van der Waals surface area contributed by atoms with Crippen LogP contribution in [0.4, 0.5) is 17.1 Å². The van der Waals surface area contributed by atoms with Crippen molar-refractivity contribution in [2.24, 2.45) is 0 Å². The summed E-state index contributed by atoms with van der Waals surface area (Å²) in [6, 6.07) is 15.9. The Kier molecular flexibility index (Phi) is 5.76. The lowest BCUT2D eigenvalue weighted by atomic mass is 9.94. The maximum Gasteiger partial charge on any atom is 0.259 e. The molecule has 4 rings (SSSR count). The molecule has 2 fully saturated rings. The quantitative estimate of drug-likeness (QED) is 0.341.